The fourth-order valence-corrected chi connectivity index (χ4v) is 3.26. The topological polar surface area (TPSA) is 124 Å². The molecule has 10 nitrogen and oxygen atoms in total. The monoisotopic (exact) mass is 363 g/mol. The molecule has 0 radical (unpaired) electrons. The minimum Gasteiger partial charge on any atom is -0.497 e. The Labute approximate surface area is 151 Å². The van der Waals surface area contributed by atoms with E-state index in [2.05, 4.69) is 31.0 Å². The first-order chi connectivity index (χ1) is 13.3. The fourth-order valence-electron chi connectivity index (χ4n) is 3.26. The molecule has 1 atom stereocenters. The minimum absolute atomic E-state index is 0.325. The van der Waals surface area contributed by atoms with Gasteiger partial charge >= 0.3 is 0 Å². The van der Waals surface area contributed by atoms with Crippen LogP contribution in [0, 0.1) is 0 Å². The van der Waals surface area contributed by atoms with Crippen molar-refractivity contribution in [2.24, 2.45) is 0 Å². The number of anilines is 2. The van der Waals surface area contributed by atoms with Crippen LogP contribution in [0.4, 0.5) is 11.6 Å². The molecule has 134 valence electrons. The predicted molar refractivity (Wildman–Crippen MR) is 93.9 cm³/mol. The van der Waals surface area contributed by atoms with Crippen molar-refractivity contribution >= 4 is 11.6 Å². The van der Waals surface area contributed by atoms with E-state index in [1.807, 2.05) is 24.3 Å². The maximum absolute atomic E-state index is 12.5. The number of furan rings is 1. The van der Waals surface area contributed by atoms with Crippen LogP contribution in [0.15, 0.2) is 51.9 Å². The van der Waals surface area contributed by atoms with E-state index < -0.39 is 6.04 Å². The molecule has 0 saturated heterocycles. The summed E-state index contributed by atoms with van der Waals surface area (Å²) >= 11 is 0. The number of hydrogen-bond donors (Lipinski definition) is 2. The molecule has 27 heavy (non-hydrogen) atoms. The lowest BCUT2D eigenvalue weighted by Gasteiger charge is -2.27. The number of ether oxygens (including phenoxy) is 1. The van der Waals surface area contributed by atoms with Crippen LogP contribution in [0.25, 0.3) is 11.5 Å². The molecule has 2 N–H and O–H groups in total. The van der Waals surface area contributed by atoms with Gasteiger partial charge in [-0.2, -0.15) is 9.78 Å². The SMILES string of the molecule is COc1cccc(C2c3c(-c4ccco4)n[nH]c(=O)c3Nc3nnnn32)c1. The molecule has 0 saturated carbocycles. The molecule has 1 aliphatic heterocycles. The Balaban J connectivity index is 1.83. The lowest BCUT2D eigenvalue weighted by molar-refractivity contribution is 0.413. The molecule has 1 aromatic carbocycles. The molecule has 10 heteroatoms. The van der Waals surface area contributed by atoms with Crippen LogP contribution in [-0.2, 0) is 0 Å². The van der Waals surface area contributed by atoms with Crippen LogP contribution in [0.2, 0.25) is 0 Å². The first kappa shape index (κ1) is 15.3. The standard InChI is InChI=1S/C17H13N7O3/c1-26-10-5-2-4-9(8-10)15-12-13(11-6-3-7-27-11)19-20-16(25)14(12)18-17-21-22-23-24(15)17/h2-8,15H,1H3,(H,20,25)(H,18,21,23). The largest absolute Gasteiger partial charge is 0.497 e. The van der Waals surface area contributed by atoms with Gasteiger partial charge in [0.25, 0.3) is 5.56 Å². The number of aromatic nitrogens is 6. The summed E-state index contributed by atoms with van der Waals surface area (Å²) in [6, 6.07) is 10.5. The summed E-state index contributed by atoms with van der Waals surface area (Å²) < 4.78 is 12.5. The zero-order valence-electron chi connectivity index (χ0n) is 14.1. The van der Waals surface area contributed by atoms with E-state index in [1.54, 1.807) is 30.2 Å². The predicted octanol–water partition coefficient (Wildman–Crippen LogP) is 1.72. The second-order valence-corrected chi connectivity index (χ2v) is 5.92. The van der Waals surface area contributed by atoms with E-state index in [0.29, 0.717) is 34.4 Å². The van der Waals surface area contributed by atoms with Gasteiger partial charge < -0.3 is 14.5 Å². The molecule has 0 fully saturated rings. The second kappa shape index (κ2) is 5.80. The third kappa shape index (κ3) is 2.30. The number of hydrogen-bond acceptors (Lipinski definition) is 8. The van der Waals surface area contributed by atoms with Gasteiger partial charge in [-0.3, -0.25) is 4.79 Å². The summed E-state index contributed by atoms with van der Waals surface area (Å²) in [5, 5.41) is 21.5. The van der Waals surface area contributed by atoms with Crippen molar-refractivity contribution in [3.8, 4) is 17.2 Å². The Bertz CT molecular complexity index is 1180. The minimum atomic E-state index is -0.490. The van der Waals surface area contributed by atoms with Crippen LogP contribution in [0.1, 0.15) is 17.2 Å². The molecule has 0 amide bonds. The van der Waals surface area contributed by atoms with E-state index >= 15 is 0 Å². The number of tetrazole rings is 1. The van der Waals surface area contributed by atoms with Crippen molar-refractivity contribution in [2.75, 3.05) is 12.4 Å². The van der Waals surface area contributed by atoms with Crippen LogP contribution >= 0.6 is 0 Å². The summed E-state index contributed by atoms with van der Waals surface area (Å²) in [6.07, 6.45) is 1.55. The van der Waals surface area contributed by atoms with Crippen molar-refractivity contribution in [3.05, 3.63) is 64.1 Å². The number of nitrogens with zero attached hydrogens (tertiary/aromatic N) is 5. The summed E-state index contributed by atoms with van der Waals surface area (Å²) in [6.45, 7) is 0. The Morgan fingerprint density at radius 1 is 1.26 bits per heavy atom. The van der Waals surface area contributed by atoms with Gasteiger partial charge in [-0.15, -0.1) is 0 Å². The molecule has 0 aliphatic carbocycles. The zero-order valence-corrected chi connectivity index (χ0v) is 14.1. The number of methoxy groups -OCH3 is 1. The number of nitrogens with one attached hydrogen (secondary N) is 2. The summed E-state index contributed by atoms with van der Waals surface area (Å²) in [7, 11) is 1.60. The highest BCUT2D eigenvalue weighted by molar-refractivity contribution is 5.73. The number of fused-ring (bicyclic) bond motifs is 2. The van der Waals surface area contributed by atoms with E-state index in [1.165, 1.54) is 0 Å². The molecule has 0 spiro atoms. The lowest BCUT2D eigenvalue weighted by atomic mass is 9.94. The summed E-state index contributed by atoms with van der Waals surface area (Å²) in [5.74, 6) is 1.56. The highest BCUT2D eigenvalue weighted by Gasteiger charge is 2.35. The summed E-state index contributed by atoms with van der Waals surface area (Å²) in [4.78, 5) is 12.5. The molecular formula is C17H13N7O3. The third-order valence-corrected chi connectivity index (χ3v) is 4.43. The average Bonchev–Trinajstić information content (AvgIpc) is 3.39. The Kier molecular flexibility index (Phi) is 3.29. The van der Waals surface area contributed by atoms with Gasteiger partial charge in [0.1, 0.15) is 23.2 Å². The zero-order chi connectivity index (χ0) is 18.4. The van der Waals surface area contributed by atoms with Gasteiger partial charge in [-0.05, 0) is 40.3 Å². The molecule has 0 bridgehead atoms. The maximum Gasteiger partial charge on any atom is 0.288 e. The molecular weight excluding hydrogens is 350 g/mol. The molecule has 5 rings (SSSR count). The van der Waals surface area contributed by atoms with Crippen molar-refractivity contribution in [3.63, 3.8) is 0 Å². The fraction of sp³-hybridized carbons (Fsp3) is 0.118. The lowest BCUT2D eigenvalue weighted by Crippen LogP contribution is -2.29. The second-order valence-electron chi connectivity index (χ2n) is 5.92. The summed E-state index contributed by atoms with van der Waals surface area (Å²) in [5.41, 5.74) is 1.90. The first-order valence-electron chi connectivity index (χ1n) is 8.11. The third-order valence-electron chi connectivity index (χ3n) is 4.43. The molecule has 1 aliphatic rings. The Hall–Kier alpha value is -3.95. The van der Waals surface area contributed by atoms with Crippen molar-refractivity contribution < 1.29 is 9.15 Å². The van der Waals surface area contributed by atoms with Gasteiger partial charge in [0.2, 0.25) is 5.95 Å². The van der Waals surface area contributed by atoms with Crippen LogP contribution in [0.5, 0.6) is 5.75 Å². The number of benzene rings is 1. The van der Waals surface area contributed by atoms with Crippen molar-refractivity contribution in [2.45, 2.75) is 6.04 Å². The smallest absolute Gasteiger partial charge is 0.288 e. The van der Waals surface area contributed by atoms with Gasteiger partial charge in [0.05, 0.1) is 13.4 Å². The van der Waals surface area contributed by atoms with E-state index in [-0.39, 0.29) is 5.56 Å². The van der Waals surface area contributed by atoms with Crippen molar-refractivity contribution in [1.82, 2.24) is 30.4 Å². The maximum atomic E-state index is 12.5. The van der Waals surface area contributed by atoms with Crippen LogP contribution < -0.4 is 15.6 Å². The number of rotatable bonds is 3. The van der Waals surface area contributed by atoms with Gasteiger partial charge in [-0.1, -0.05) is 17.2 Å². The Morgan fingerprint density at radius 2 is 2.19 bits per heavy atom. The molecule has 3 aromatic heterocycles. The normalized spacial score (nSPS) is 14.9. The Morgan fingerprint density at radius 3 is 3.00 bits per heavy atom. The molecule has 4 aromatic rings. The van der Waals surface area contributed by atoms with Gasteiger partial charge in [-0.25, -0.2) is 5.10 Å². The van der Waals surface area contributed by atoms with Gasteiger partial charge in [0.15, 0.2) is 5.76 Å². The van der Waals surface area contributed by atoms with Crippen LogP contribution in [-0.4, -0.2) is 37.5 Å². The van der Waals surface area contributed by atoms with Gasteiger partial charge in [0, 0.05) is 5.56 Å². The first-order valence-corrected chi connectivity index (χ1v) is 8.11. The average molecular weight is 363 g/mol. The molecule has 1 unspecified atom stereocenters. The van der Waals surface area contributed by atoms with E-state index in [0.717, 1.165) is 5.56 Å². The number of H-pyrrole nitrogens is 1. The highest BCUT2D eigenvalue weighted by atomic mass is 16.5. The number of aromatic amines is 1. The van der Waals surface area contributed by atoms with Crippen molar-refractivity contribution in [1.29, 1.82) is 0 Å². The van der Waals surface area contributed by atoms with E-state index in [9.17, 15) is 4.79 Å². The van der Waals surface area contributed by atoms with E-state index in [4.69, 9.17) is 9.15 Å². The highest BCUT2D eigenvalue weighted by Crippen LogP contribution is 2.41. The molecule has 4 heterocycles. The van der Waals surface area contributed by atoms with Crippen LogP contribution in [0.3, 0.4) is 0 Å². The quantitative estimate of drug-likeness (QED) is 0.496.